The predicted molar refractivity (Wildman–Crippen MR) is 80.4 cm³/mol. The first-order valence-electron chi connectivity index (χ1n) is 5.72. The van der Waals surface area contributed by atoms with E-state index < -0.39 is 0 Å². The summed E-state index contributed by atoms with van der Waals surface area (Å²) in [6.45, 7) is 0. The molecule has 18 heavy (non-hydrogen) atoms. The van der Waals surface area contributed by atoms with Gasteiger partial charge in [-0.05, 0) is 46.7 Å². The first-order chi connectivity index (χ1) is 8.90. The van der Waals surface area contributed by atoms with Crippen LogP contribution >= 0.6 is 22.7 Å². The van der Waals surface area contributed by atoms with Crippen molar-refractivity contribution in [1.82, 2.24) is 4.98 Å². The molecule has 0 radical (unpaired) electrons. The Balaban J connectivity index is 1.94. The summed E-state index contributed by atoms with van der Waals surface area (Å²) in [5.41, 5.74) is 2.37. The molecule has 0 N–H and O–H groups in total. The molecule has 1 aromatic carbocycles. The monoisotopic (exact) mass is 267 g/mol. The molecule has 0 fully saturated rings. The molecule has 3 aromatic heterocycles. The van der Waals surface area contributed by atoms with Crippen LogP contribution < -0.4 is 0 Å². The van der Waals surface area contributed by atoms with E-state index in [1.165, 1.54) is 25.2 Å². The Labute approximate surface area is 112 Å². The molecule has 0 aliphatic rings. The normalized spacial score (nSPS) is 11.3. The molecule has 0 aliphatic carbocycles. The fourth-order valence-corrected chi connectivity index (χ4v) is 3.96. The van der Waals surface area contributed by atoms with Gasteiger partial charge >= 0.3 is 0 Å². The Morgan fingerprint density at radius 2 is 1.94 bits per heavy atom. The standard InChI is InChI=1S/C15H9NS2/c1-2-13-12(16-6-1)9-15(18-13)11-4-3-10-5-7-17-14(10)8-11/h1-9H. The fraction of sp³-hybridized carbons (Fsp3) is 0. The summed E-state index contributed by atoms with van der Waals surface area (Å²) in [6.07, 6.45) is 1.85. The number of rotatable bonds is 1. The lowest BCUT2D eigenvalue weighted by Crippen LogP contribution is -1.71. The summed E-state index contributed by atoms with van der Waals surface area (Å²) >= 11 is 3.60. The number of thiophene rings is 2. The maximum atomic E-state index is 4.39. The average molecular weight is 267 g/mol. The van der Waals surface area contributed by atoms with Gasteiger partial charge in [0.05, 0.1) is 10.2 Å². The number of hydrogen-bond acceptors (Lipinski definition) is 3. The van der Waals surface area contributed by atoms with Gasteiger partial charge in [-0.1, -0.05) is 12.1 Å². The van der Waals surface area contributed by atoms with Gasteiger partial charge in [-0.3, -0.25) is 4.98 Å². The minimum Gasteiger partial charge on any atom is -0.255 e. The summed E-state index contributed by atoms with van der Waals surface area (Å²) in [5, 5.41) is 3.46. The van der Waals surface area contributed by atoms with Gasteiger partial charge in [0, 0.05) is 15.8 Å². The lowest BCUT2D eigenvalue weighted by atomic mass is 10.1. The second-order valence-electron chi connectivity index (χ2n) is 4.17. The molecule has 0 bridgehead atoms. The topological polar surface area (TPSA) is 12.9 Å². The van der Waals surface area contributed by atoms with Crippen LogP contribution in [-0.4, -0.2) is 4.98 Å². The van der Waals surface area contributed by atoms with E-state index in [2.05, 4.69) is 46.8 Å². The van der Waals surface area contributed by atoms with Crippen LogP contribution in [0.4, 0.5) is 0 Å². The lowest BCUT2D eigenvalue weighted by Gasteiger charge is -1.96. The zero-order valence-corrected chi connectivity index (χ0v) is 11.1. The summed E-state index contributed by atoms with van der Waals surface area (Å²) in [5.74, 6) is 0. The number of aromatic nitrogens is 1. The lowest BCUT2D eigenvalue weighted by molar-refractivity contribution is 1.43. The van der Waals surface area contributed by atoms with E-state index in [4.69, 9.17) is 0 Å². The highest BCUT2D eigenvalue weighted by atomic mass is 32.1. The second kappa shape index (κ2) is 3.90. The molecule has 0 spiro atoms. The van der Waals surface area contributed by atoms with Crippen LogP contribution in [0.25, 0.3) is 30.7 Å². The van der Waals surface area contributed by atoms with Gasteiger partial charge in [-0.2, -0.15) is 0 Å². The van der Waals surface area contributed by atoms with Crippen LogP contribution in [-0.2, 0) is 0 Å². The number of fused-ring (bicyclic) bond motifs is 2. The van der Waals surface area contributed by atoms with Gasteiger partial charge in [0.1, 0.15) is 0 Å². The van der Waals surface area contributed by atoms with Gasteiger partial charge < -0.3 is 0 Å². The van der Waals surface area contributed by atoms with Crippen molar-refractivity contribution in [3.8, 4) is 10.4 Å². The van der Waals surface area contributed by atoms with Gasteiger partial charge in [0.25, 0.3) is 0 Å². The van der Waals surface area contributed by atoms with E-state index >= 15 is 0 Å². The van der Waals surface area contributed by atoms with Crippen LogP contribution in [0.1, 0.15) is 0 Å². The zero-order chi connectivity index (χ0) is 11.9. The number of nitrogens with zero attached hydrogens (tertiary/aromatic N) is 1. The molecule has 0 unspecified atom stereocenters. The Kier molecular flexibility index (Phi) is 2.22. The van der Waals surface area contributed by atoms with E-state index in [0.717, 1.165) is 5.52 Å². The van der Waals surface area contributed by atoms with Crippen molar-refractivity contribution in [3.05, 3.63) is 54.0 Å². The highest BCUT2D eigenvalue weighted by Gasteiger charge is 2.05. The first kappa shape index (κ1) is 10.2. The van der Waals surface area contributed by atoms with Crippen molar-refractivity contribution in [3.63, 3.8) is 0 Å². The van der Waals surface area contributed by atoms with Crippen molar-refractivity contribution >= 4 is 43.0 Å². The largest absolute Gasteiger partial charge is 0.255 e. The molecule has 86 valence electrons. The third-order valence-corrected chi connectivity index (χ3v) is 5.05. The molecular formula is C15H9NS2. The van der Waals surface area contributed by atoms with Gasteiger partial charge in [0.15, 0.2) is 0 Å². The third kappa shape index (κ3) is 1.55. The average Bonchev–Trinajstić information content (AvgIpc) is 3.04. The van der Waals surface area contributed by atoms with Crippen molar-refractivity contribution in [1.29, 1.82) is 0 Å². The van der Waals surface area contributed by atoms with Crippen LogP contribution in [0.3, 0.4) is 0 Å². The zero-order valence-electron chi connectivity index (χ0n) is 9.46. The maximum absolute atomic E-state index is 4.39. The molecule has 0 aliphatic heterocycles. The number of hydrogen-bond donors (Lipinski definition) is 0. The van der Waals surface area contributed by atoms with Crippen molar-refractivity contribution in [2.45, 2.75) is 0 Å². The summed E-state index contributed by atoms with van der Waals surface area (Å²) in [4.78, 5) is 5.68. The molecule has 0 atom stereocenters. The van der Waals surface area contributed by atoms with Gasteiger partial charge in [0.2, 0.25) is 0 Å². The Hall–Kier alpha value is -1.71. The second-order valence-corrected chi connectivity index (χ2v) is 6.20. The molecule has 3 heterocycles. The van der Waals surface area contributed by atoms with Gasteiger partial charge in [-0.15, -0.1) is 22.7 Å². The number of benzene rings is 1. The summed E-state index contributed by atoms with van der Waals surface area (Å²) in [7, 11) is 0. The Bertz CT molecular complexity index is 809. The molecule has 0 saturated heterocycles. The smallest absolute Gasteiger partial charge is 0.0816 e. The first-order valence-corrected chi connectivity index (χ1v) is 7.42. The molecular weight excluding hydrogens is 258 g/mol. The molecule has 3 heteroatoms. The molecule has 1 nitrogen and oxygen atoms in total. The highest BCUT2D eigenvalue weighted by molar-refractivity contribution is 7.22. The summed E-state index contributed by atoms with van der Waals surface area (Å²) in [6, 6.07) is 15.1. The van der Waals surface area contributed by atoms with E-state index in [9.17, 15) is 0 Å². The van der Waals surface area contributed by atoms with E-state index in [1.54, 1.807) is 22.7 Å². The quantitative estimate of drug-likeness (QED) is 0.463. The van der Waals surface area contributed by atoms with Crippen molar-refractivity contribution in [2.24, 2.45) is 0 Å². The van der Waals surface area contributed by atoms with Crippen LogP contribution in [0.2, 0.25) is 0 Å². The van der Waals surface area contributed by atoms with Crippen LogP contribution in [0.15, 0.2) is 54.0 Å². The van der Waals surface area contributed by atoms with Crippen molar-refractivity contribution < 1.29 is 0 Å². The predicted octanol–water partition coefficient (Wildman–Crippen LogP) is 5.18. The van der Waals surface area contributed by atoms with E-state index in [-0.39, 0.29) is 0 Å². The van der Waals surface area contributed by atoms with Gasteiger partial charge in [-0.25, -0.2) is 0 Å². The Morgan fingerprint density at radius 1 is 0.944 bits per heavy atom. The maximum Gasteiger partial charge on any atom is 0.0816 e. The SMILES string of the molecule is c1cnc2cc(-c3ccc4ccsc4c3)sc2c1. The third-order valence-electron chi connectivity index (χ3n) is 3.03. The molecule has 4 rings (SSSR count). The molecule has 4 aromatic rings. The minimum absolute atomic E-state index is 1.09. The number of pyridine rings is 1. The minimum atomic E-state index is 1.09. The fourth-order valence-electron chi connectivity index (χ4n) is 2.12. The van der Waals surface area contributed by atoms with Crippen LogP contribution in [0, 0.1) is 0 Å². The van der Waals surface area contributed by atoms with Crippen LogP contribution in [0.5, 0.6) is 0 Å². The van der Waals surface area contributed by atoms with E-state index in [1.807, 2.05) is 12.3 Å². The Morgan fingerprint density at radius 3 is 2.89 bits per heavy atom. The van der Waals surface area contributed by atoms with E-state index in [0.29, 0.717) is 0 Å². The van der Waals surface area contributed by atoms with Crippen molar-refractivity contribution in [2.75, 3.05) is 0 Å². The summed E-state index contributed by atoms with van der Waals surface area (Å²) < 4.78 is 2.59. The molecule has 0 saturated carbocycles. The highest BCUT2D eigenvalue weighted by Crippen LogP contribution is 2.34. The molecule has 0 amide bonds.